The van der Waals surface area contributed by atoms with Gasteiger partial charge in [0, 0.05) is 6.54 Å². The zero-order valence-corrected chi connectivity index (χ0v) is 13.4. The van der Waals surface area contributed by atoms with E-state index in [0.717, 1.165) is 0 Å². The summed E-state index contributed by atoms with van der Waals surface area (Å²) in [6.07, 6.45) is 0.677. The van der Waals surface area contributed by atoms with E-state index in [9.17, 15) is 9.59 Å². The van der Waals surface area contributed by atoms with E-state index < -0.39 is 17.2 Å². The van der Waals surface area contributed by atoms with Crippen LogP contribution in [0, 0.1) is 0 Å². The van der Waals surface area contributed by atoms with Gasteiger partial charge in [-0.05, 0) is 41.5 Å². The van der Waals surface area contributed by atoms with Gasteiger partial charge in [-0.3, -0.25) is 4.79 Å². The second-order valence-electron chi connectivity index (χ2n) is 6.19. The molecule has 1 heterocycles. The van der Waals surface area contributed by atoms with Crippen LogP contribution in [0.1, 0.15) is 57.6 Å². The third-order valence-electron chi connectivity index (χ3n) is 2.56. The maximum atomic E-state index is 11.9. The number of hydrogen-bond acceptors (Lipinski definition) is 5. The van der Waals surface area contributed by atoms with E-state index in [1.807, 2.05) is 6.92 Å². The van der Waals surface area contributed by atoms with Gasteiger partial charge >= 0.3 is 6.09 Å². The average molecular weight is 297 g/mol. The Balaban J connectivity index is 2.91. The monoisotopic (exact) mass is 297 g/mol. The largest absolute Gasteiger partial charge is 0.444 e. The summed E-state index contributed by atoms with van der Waals surface area (Å²) >= 11 is 0. The molecule has 0 saturated heterocycles. The lowest BCUT2D eigenvalue weighted by Crippen LogP contribution is -2.45. The molecule has 0 bridgehead atoms. The Morgan fingerprint density at radius 2 is 1.90 bits per heavy atom. The van der Waals surface area contributed by atoms with Gasteiger partial charge in [-0.1, -0.05) is 5.16 Å². The number of nitrogens with one attached hydrogen (secondary N) is 2. The highest BCUT2D eigenvalue weighted by Crippen LogP contribution is 2.23. The van der Waals surface area contributed by atoms with Crippen molar-refractivity contribution in [3.05, 3.63) is 17.5 Å². The summed E-state index contributed by atoms with van der Waals surface area (Å²) in [5, 5.41) is 9.19. The first-order valence-electron chi connectivity index (χ1n) is 6.81. The molecule has 0 unspecified atom stereocenters. The Kier molecular flexibility index (Phi) is 4.98. The molecule has 118 valence electrons. The number of ether oxygens (including phenoxy) is 1. The first kappa shape index (κ1) is 17.0. The summed E-state index contributed by atoms with van der Waals surface area (Å²) in [6, 6.07) is 0. The fraction of sp³-hybridized carbons (Fsp3) is 0.643. The SMILES string of the molecule is CCNC(=O)c1conc1C(C)(C)NC(=O)OC(C)(C)C. The van der Waals surface area contributed by atoms with Gasteiger partial charge in [0.15, 0.2) is 0 Å². The van der Waals surface area contributed by atoms with E-state index >= 15 is 0 Å². The summed E-state index contributed by atoms with van der Waals surface area (Å²) < 4.78 is 10.1. The van der Waals surface area contributed by atoms with Gasteiger partial charge in [-0.25, -0.2) is 4.79 Å². The Labute approximate surface area is 124 Å². The Morgan fingerprint density at radius 1 is 1.29 bits per heavy atom. The fourth-order valence-corrected chi connectivity index (χ4v) is 1.72. The first-order valence-corrected chi connectivity index (χ1v) is 6.81. The molecule has 0 radical (unpaired) electrons. The van der Waals surface area contributed by atoms with Crippen LogP contribution in [-0.2, 0) is 10.3 Å². The number of hydrogen-bond donors (Lipinski definition) is 2. The van der Waals surface area contributed by atoms with Gasteiger partial charge < -0.3 is 19.9 Å². The number of carbonyl (C=O) groups excluding carboxylic acids is 2. The lowest BCUT2D eigenvalue weighted by atomic mass is 9.97. The van der Waals surface area contributed by atoms with E-state index in [-0.39, 0.29) is 11.5 Å². The summed E-state index contributed by atoms with van der Waals surface area (Å²) in [6.45, 7) is 11.1. The van der Waals surface area contributed by atoms with E-state index in [2.05, 4.69) is 15.8 Å². The third kappa shape index (κ3) is 4.77. The van der Waals surface area contributed by atoms with Gasteiger partial charge in [-0.2, -0.15) is 0 Å². The van der Waals surface area contributed by atoms with Crippen LogP contribution in [0.25, 0.3) is 0 Å². The van der Waals surface area contributed by atoms with Crippen LogP contribution in [0.3, 0.4) is 0 Å². The van der Waals surface area contributed by atoms with Crippen LogP contribution in [0.2, 0.25) is 0 Å². The summed E-state index contributed by atoms with van der Waals surface area (Å²) in [5.41, 5.74) is -0.875. The minimum Gasteiger partial charge on any atom is -0.444 e. The zero-order valence-electron chi connectivity index (χ0n) is 13.4. The molecule has 0 aromatic carbocycles. The Bertz CT molecular complexity index is 515. The zero-order chi connectivity index (χ0) is 16.3. The van der Waals surface area contributed by atoms with Crippen molar-refractivity contribution in [1.29, 1.82) is 0 Å². The van der Waals surface area contributed by atoms with E-state index in [1.54, 1.807) is 34.6 Å². The molecule has 1 aromatic heterocycles. The third-order valence-corrected chi connectivity index (χ3v) is 2.56. The highest BCUT2D eigenvalue weighted by atomic mass is 16.6. The number of aromatic nitrogens is 1. The van der Waals surface area contributed by atoms with Gasteiger partial charge in [0.1, 0.15) is 23.1 Å². The predicted molar refractivity (Wildman–Crippen MR) is 76.9 cm³/mol. The Morgan fingerprint density at radius 3 is 2.43 bits per heavy atom. The molecule has 1 aromatic rings. The van der Waals surface area contributed by atoms with Crippen LogP contribution in [-0.4, -0.2) is 29.3 Å². The molecular weight excluding hydrogens is 274 g/mol. The fourth-order valence-electron chi connectivity index (χ4n) is 1.72. The van der Waals surface area contributed by atoms with Crippen molar-refractivity contribution in [3.63, 3.8) is 0 Å². The van der Waals surface area contributed by atoms with Crippen molar-refractivity contribution in [2.24, 2.45) is 0 Å². The molecule has 21 heavy (non-hydrogen) atoms. The number of carbonyl (C=O) groups is 2. The van der Waals surface area contributed by atoms with Gasteiger partial charge in [0.05, 0.1) is 5.54 Å². The number of nitrogens with zero attached hydrogens (tertiary/aromatic N) is 1. The predicted octanol–water partition coefficient (Wildman–Crippen LogP) is 2.18. The molecule has 0 aliphatic carbocycles. The van der Waals surface area contributed by atoms with Crippen LogP contribution in [0.5, 0.6) is 0 Å². The lowest BCUT2D eigenvalue weighted by Gasteiger charge is -2.27. The average Bonchev–Trinajstić information content (AvgIpc) is 2.74. The minimum atomic E-state index is -0.907. The van der Waals surface area contributed by atoms with E-state index in [4.69, 9.17) is 9.26 Å². The normalized spacial score (nSPS) is 11.9. The molecule has 0 atom stereocenters. The van der Waals surface area contributed by atoms with Crippen LogP contribution in [0.15, 0.2) is 10.8 Å². The summed E-state index contributed by atoms with van der Waals surface area (Å²) in [7, 11) is 0. The maximum absolute atomic E-state index is 11.9. The highest BCUT2D eigenvalue weighted by Gasteiger charge is 2.33. The van der Waals surface area contributed by atoms with Crippen LogP contribution >= 0.6 is 0 Å². The van der Waals surface area contributed by atoms with E-state index in [1.165, 1.54) is 6.26 Å². The van der Waals surface area contributed by atoms with Gasteiger partial charge in [0.25, 0.3) is 5.91 Å². The first-order chi connectivity index (χ1) is 9.57. The highest BCUT2D eigenvalue weighted by molar-refractivity contribution is 5.95. The topological polar surface area (TPSA) is 93.5 Å². The molecule has 0 fully saturated rings. The van der Waals surface area contributed by atoms with Crippen molar-refractivity contribution < 1.29 is 18.8 Å². The van der Waals surface area contributed by atoms with Crippen molar-refractivity contribution in [3.8, 4) is 0 Å². The standard InChI is InChI=1S/C14H23N3O4/c1-7-15-11(18)9-8-20-17-10(9)14(5,6)16-12(19)21-13(2,3)4/h8H,7H2,1-6H3,(H,15,18)(H,16,19). The molecule has 1 rings (SSSR count). The molecule has 0 spiro atoms. The second kappa shape index (κ2) is 6.15. The lowest BCUT2D eigenvalue weighted by molar-refractivity contribution is 0.0465. The maximum Gasteiger partial charge on any atom is 0.408 e. The smallest absolute Gasteiger partial charge is 0.408 e. The number of alkyl carbamates (subject to hydrolysis) is 1. The van der Waals surface area contributed by atoms with Crippen molar-refractivity contribution >= 4 is 12.0 Å². The van der Waals surface area contributed by atoms with Crippen LogP contribution in [0.4, 0.5) is 4.79 Å². The van der Waals surface area contributed by atoms with Gasteiger partial charge in [-0.15, -0.1) is 0 Å². The Hall–Kier alpha value is -2.05. The van der Waals surface area contributed by atoms with E-state index in [0.29, 0.717) is 12.2 Å². The number of rotatable bonds is 4. The van der Waals surface area contributed by atoms with Crippen molar-refractivity contribution in [2.45, 2.75) is 52.7 Å². The van der Waals surface area contributed by atoms with Crippen LogP contribution < -0.4 is 10.6 Å². The molecule has 2 N–H and O–H groups in total. The van der Waals surface area contributed by atoms with Crippen molar-refractivity contribution in [2.75, 3.05) is 6.54 Å². The number of amides is 2. The van der Waals surface area contributed by atoms with Crippen molar-refractivity contribution in [1.82, 2.24) is 15.8 Å². The van der Waals surface area contributed by atoms with Gasteiger partial charge in [0.2, 0.25) is 0 Å². The molecule has 2 amide bonds. The molecule has 0 saturated carbocycles. The molecular formula is C14H23N3O4. The molecule has 0 aliphatic heterocycles. The second-order valence-corrected chi connectivity index (χ2v) is 6.19. The minimum absolute atomic E-state index is 0.290. The summed E-state index contributed by atoms with van der Waals surface area (Å²) in [4.78, 5) is 23.8. The molecule has 7 heteroatoms. The molecule has 7 nitrogen and oxygen atoms in total. The quantitative estimate of drug-likeness (QED) is 0.888. The molecule has 0 aliphatic rings. The summed E-state index contributed by atoms with van der Waals surface area (Å²) in [5.74, 6) is -0.298.